The lowest BCUT2D eigenvalue weighted by Gasteiger charge is -2.00. The lowest BCUT2D eigenvalue weighted by atomic mass is 10.2. The molecule has 74 valence electrons. The fourth-order valence-electron chi connectivity index (χ4n) is 1.21. The van der Waals surface area contributed by atoms with Crippen molar-refractivity contribution in [2.24, 2.45) is 0 Å². The van der Waals surface area contributed by atoms with Crippen molar-refractivity contribution in [2.45, 2.75) is 6.54 Å². The van der Waals surface area contributed by atoms with E-state index in [2.05, 4.69) is 10.1 Å². The third-order valence-electron chi connectivity index (χ3n) is 1.92. The molecular weight excluding hydrogens is 192 g/mol. The molecule has 0 aliphatic rings. The van der Waals surface area contributed by atoms with E-state index in [1.54, 1.807) is 28.9 Å². The van der Waals surface area contributed by atoms with Gasteiger partial charge in [0.2, 0.25) is 0 Å². The zero-order chi connectivity index (χ0) is 10.7. The molecule has 5 heteroatoms. The third-order valence-corrected chi connectivity index (χ3v) is 1.92. The molecule has 0 spiro atoms. The molecule has 0 saturated carbocycles. The van der Waals surface area contributed by atoms with Crippen LogP contribution >= 0.6 is 0 Å². The Hall–Kier alpha value is -2.35. The van der Waals surface area contributed by atoms with Crippen molar-refractivity contribution in [3.8, 4) is 11.8 Å². The molecule has 1 aromatic heterocycles. The lowest BCUT2D eigenvalue weighted by Crippen LogP contribution is -2.00. The number of hydrogen-bond acceptors (Lipinski definition) is 4. The van der Waals surface area contributed by atoms with Gasteiger partial charge < -0.3 is 5.11 Å². The van der Waals surface area contributed by atoms with E-state index in [1.807, 2.05) is 6.07 Å². The zero-order valence-electron chi connectivity index (χ0n) is 7.83. The summed E-state index contributed by atoms with van der Waals surface area (Å²) in [7, 11) is 0. The van der Waals surface area contributed by atoms with Crippen LogP contribution in [-0.2, 0) is 6.54 Å². The second kappa shape index (κ2) is 3.80. The average molecular weight is 200 g/mol. The summed E-state index contributed by atoms with van der Waals surface area (Å²) >= 11 is 0. The predicted octanol–water partition coefficient (Wildman–Crippen LogP) is 0.904. The molecule has 0 aliphatic carbocycles. The normalized spacial score (nSPS) is 9.80. The van der Waals surface area contributed by atoms with E-state index in [0.29, 0.717) is 6.54 Å². The standard InChI is InChI=1S/C10H8N4O/c11-5-10-12-7-14(13-10)6-8-1-3-9(15)4-2-8/h1-4,7,15H,6H2. The Kier molecular flexibility index (Phi) is 2.33. The molecule has 0 fully saturated rings. The number of phenols is 1. The highest BCUT2D eigenvalue weighted by molar-refractivity contribution is 5.25. The van der Waals surface area contributed by atoms with Gasteiger partial charge in [0, 0.05) is 0 Å². The van der Waals surface area contributed by atoms with Crippen molar-refractivity contribution < 1.29 is 5.11 Å². The Morgan fingerprint density at radius 1 is 1.33 bits per heavy atom. The highest BCUT2D eigenvalue weighted by Gasteiger charge is 1.99. The molecule has 1 aromatic carbocycles. The molecule has 2 rings (SSSR count). The largest absolute Gasteiger partial charge is 0.508 e. The monoisotopic (exact) mass is 200 g/mol. The van der Waals surface area contributed by atoms with Gasteiger partial charge in [-0.3, -0.25) is 0 Å². The first-order valence-corrected chi connectivity index (χ1v) is 4.35. The summed E-state index contributed by atoms with van der Waals surface area (Å²) in [5.74, 6) is 0.392. The van der Waals surface area contributed by atoms with Gasteiger partial charge in [-0.1, -0.05) is 12.1 Å². The Labute approximate surface area is 86.2 Å². The first kappa shape index (κ1) is 9.21. The van der Waals surface area contributed by atoms with Crippen LogP contribution in [0.1, 0.15) is 11.4 Å². The maximum Gasteiger partial charge on any atom is 0.252 e. The van der Waals surface area contributed by atoms with Crippen LogP contribution in [0.2, 0.25) is 0 Å². The van der Waals surface area contributed by atoms with Crippen LogP contribution in [0.15, 0.2) is 30.6 Å². The first-order valence-electron chi connectivity index (χ1n) is 4.35. The van der Waals surface area contributed by atoms with Gasteiger partial charge >= 0.3 is 0 Å². The van der Waals surface area contributed by atoms with Gasteiger partial charge in [0.05, 0.1) is 6.54 Å². The molecule has 15 heavy (non-hydrogen) atoms. The summed E-state index contributed by atoms with van der Waals surface area (Å²) in [6, 6.07) is 8.67. The summed E-state index contributed by atoms with van der Waals surface area (Å²) < 4.78 is 1.57. The SMILES string of the molecule is N#Cc1ncn(Cc2ccc(O)cc2)n1. The summed E-state index contributed by atoms with van der Waals surface area (Å²) in [4.78, 5) is 3.79. The molecule has 1 N–H and O–H groups in total. The van der Waals surface area contributed by atoms with Crippen molar-refractivity contribution >= 4 is 0 Å². The molecule has 2 aromatic rings. The molecule has 1 heterocycles. The minimum atomic E-state index is 0.161. The van der Waals surface area contributed by atoms with Gasteiger partial charge in [-0.25, -0.2) is 9.67 Å². The van der Waals surface area contributed by atoms with Crippen molar-refractivity contribution in [2.75, 3.05) is 0 Å². The maximum absolute atomic E-state index is 9.09. The maximum atomic E-state index is 9.09. The van der Waals surface area contributed by atoms with E-state index >= 15 is 0 Å². The number of benzene rings is 1. The number of aromatic nitrogens is 3. The van der Waals surface area contributed by atoms with E-state index in [4.69, 9.17) is 10.4 Å². The van der Waals surface area contributed by atoms with E-state index in [9.17, 15) is 0 Å². The van der Waals surface area contributed by atoms with Gasteiger partial charge in [-0.15, -0.1) is 5.10 Å². The zero-order valence-corrected chi connectivity index (χ0v) is 7.83. The van der Waals surface area contributed by atoms with Gasteiger partial charge in [0.1, 0.15) is 18.1 Å². The topological polar surface area (TPSA) is 74.7 Å². The van der Waals surface area contributed by atoms with Crippen LogP contribution in [0, 0.1) is 11.3 Å². The minimum Gasteiger partial charge on any atom is -0.508 e. The number of nitrogens with zero attached hydrogens (tertiary/aromatic N) is 4. The highest BCUT2D eigenvalue weighted by Crippen LogP contribution is 2.10. The fraction of sp³-hybridized carbons (Fsp3) is 0.100. The van der Waals surface area contributed by atoms with Gasteiger partial charge in [0.15, 0.2) is 0 Å². The van der Waals surface area contributed by atoms with E-state index < -0.39 is 0 Å². The van der Waals surface area contributed by atoms with Crippen LogP contribution in [-0.4, -0.2) is 19.9 Å². The van der Waals surface area contributed by atoms with Crippen LogP contribution in [0.3, 0.4) is 0 Å². The van der Waals surface area contributed by atoms with Crippen molar-refractivity contribution in [3.05, 3.63) is 42.0 Å². The molecule has 0 aliphatic heterocycles. The molecule has 0 atom stereocenters. The Bertz CT molecular complexity index is 495. The lowest BCUT2D eigenvalue weighted by molar-refractivity contribution is 0.475. The van der Waals surface area contributed by atoms with E-state index in [1.165, 1.54) is 6.33 Å². The molecule has 0 amide bonds. The Balaban J connectivity index is 2.15. The number of aromatic hydroxyl groups is 1. The summed E-state index contributed by atoms with van der Waals surface area (Å²) in [6.45, 7) is 0.537. The van der Waals surface area contributed by atoms with Crippen molar-refractivity contribution in [1.82, 2.24) is 14.8 Å². The molecule has 5 nitrogen and oxygen atoms in total. The molecule has 0 saturated heterocycles. The highest BCUT2D eigenvalue weighted by atomic mass is 16.3. The van der Waals surface area contributed by atoms with E-state index in [-0.39, 0.29) is 11.6 Å². The van der Waals surface area contributed by atoms with Crippen molar-refractivity contribution in [3.63, 3.8) is 0 Å². The summed E-state index contributed by atoms with van der Waals surface area (Å²) in [6.07, 6.45) is 1.51. The fourth-order valence-corrected chi connectivity index (χ4v) is 1.21. The van der Waals surface area contributed by atoms with Gasteiger partial charge in [-0.05, 0) is 17.7 Å². The van der Waals surface area contributed by atoms with Crippen molar-refractivity contribution in [1.29, 1.82) is 5.26 Å². The predicted molar refractivity (Wildman–Crippen MR) is 51.9 cm³/mol. The van der Waals surface area contributed by atoms with Crippen LogP contribution in [0.5, 0.6) is 5.75 Å². The van der Waals surface area contributed by atoms with Gasteiger partial charge in [0.25, 0.3) is 5.82 Å². The number of hydrogen-bond donors (Lipinski definition) is 1. The summed E-state index contributed by atoms with van der Waals surface area (Å²) in [5.41, 5.74) is 0.988. The van der Waals surface area contributed by atoms with Crippen LogP contribution in [0.4, 0.5) is 0 Å². The van der Waals surface area contributed by atoms with Crippen LogP contribution in [0.25, 0.3) is 0 Å². The number of rotatable bonds is 2. The summed E-state index contributed by atoms with van der Waals surface area (Å²) in [5, 5.41) is 21.5. The number of nitriles is 1. The quantitative estimate of drug-likeness (QED) is 0.781. The molecule has 0 radical (unpaired) electrons. The molecular formula is C10H8N4O. The van der Waals surface area contributed by atoms with Crippen LogP contribution < -0.4 is 0 Å². The van der Waals surface area contributed by atoms with E-state index in [0.717, 1.165) is 5.56 Å². The van der Waals surface area contributed by atoms with Gasteiger partial charge in [-0.2, -0.15) is 5.26 Å². The second-order valence-corrected chi connectivity index (χ2v) is 3.04. The number of phenolic OH excluding ortho intramolecular Hbond substituents is 1. The molecule has 0 unspecified atom stereocenters. The Morgan fingerprint density at radius 2 is 2.07 bits per heavy atom. The first-order chi connectivity index (χ1) is 7.28. The third kappa shape index (κ3) is 2.11. The Morgan fingerprint density at radius 3 is 2.67 bits per heavy atom. The molecule has 0 bridgehead atoms. The minimum absolute atomic E-state index is 0.161. The average Bonchev–Trinajstić information content (AvgIpc) is 2.69. The second-order valence-electron chi connectivity index (χ2n) is 3.04. The smallest absolute Gasteiger partial charge is 0.252 e.